The average Bonchev–Trinajstić information content (AvgIpc) is 3.00. The zero-order valence-corrected chi connectivity index (χ0v) is 12.1. The molecule has 0 saturated carbocycles. The van der Waals surface area contributed by atoms with E-state index < -0.39 is 0 Å². The van der Waals surface area contributed by atoms with Gasteiger partial charge < -0.3 is 14.5 Å². The van der Waals surface area contributed by atoms with E-state index in [-0.39, 0.29) is 6.04 Å². The van der Waals surface area contributed by atoms with E-state index in [9.17, 15) is 0 Å². The molecule has 1 aromatic carbocycles. The summed E-state index contributed by atoms with van der Waals surface area (Å²) in [5.41, 5.74) is 2.86. The van der Waals surface area contributed by atoms with Crippen LogP contribution in [0.15, 0.2) is 41.0 Å². The highest BCUT2D eigenvalue weighted by Crippen LogP contribution is 2.27. The maximum Gasteiger partial charge on any atom is 0.120 e. The maximum absolute atomic E-state index is 5.46. The molecule has 1 N–H and O–H groups in total. The third kappa shape index (κ3) is 2.73. The van der Waals surface area contributed by atoms with E-state index in [4.69, 9.17) is 9.15 Å². The number of benzene rings is 1. The second kappa shape index (κ2) is 5.71. The second-order valence-electron chi connectivity index (χ2n) is 5.48. The summed E-state index contributed by atoms with van der Waals surface area (Å²) in [6, 6.07) is 11.1. The number of fused-ring (bicyclic) bond motifs is 1. The van der Waals surface area contributed by atoms with Gasteiger partial charge in [0.15, 0.2) is 0 Å². The highest BCUT2D eigenvalue weighted by atomic mass is 16.5. The van der Waals surface area contributed by atoms with Crippen LogP contribution in [0.2, 0.25) is 0 Å². The van der Waals surface area contributed by atoms with Crippen LogP contribution in [-0.2, 0) is 12.8 Å². The Morgan fingerprint density at radius 3 is 2.95 bits per heavy atom. The lowest BCUT2D eigenvalue weighted by atomic mass is 9.87. The first kappa shape index (κ1) is 13.3. The van der Waals surface area contributed by atoms with Crippen LogP contribution in [0.3, 0.4) is 0 Å². The zero-order chi connectivity index (χ0) is 13.9. The molecule has 0 fully saturated rings. The summed E-state index contributed by atoms with van der Waals surface area (Å²) in [5, 5.41) is 3.67. The van der Waals surface area contributed by atoms with Gasteiger partial charge in [-0.25, -0.2) is 0 Å². The van der Waals surface area contributed by atoms with Crippen LogP contribution in [0.1, 0.15) is 36.3 Å². The summed E-state index contributed by atoms with van der Waals surface area (Å²) in [4.78, 5) is 0. The van der Waals surface area contributed by atoms with E-state index in [1.807, 2.05) is 12.1 Å². The first-order chi connectivity index (χ1) is 9.76. The van der Waals surface area contributed by atoms with Crippen molar-refractivity contribution in [3.63, 3.8) is 0 Å². The average molecular weight is 271 g/mol. The van der Waals surface area contributed by atoms with Crippen molar-refractivity contribution in [2.75, 3.05) is 7.11 Å². The third-order valence-electron chi connectivity index (χ3n) is 4.10. The Morgan fingerprint density at radius 2 is 2.20 bits per heavy atom. The van der Waals surface area contributed by atoms with Crippen molar-refractivity contribution in [1.29, 1.82) is 0 Å². The number of ether oxygens (including phenoxy) is 1. The van der Waals surface area contributed by atoms with Gasteiger partial charge in [-0.15, -0.1) is 0 Å². The summed E-state index contributed by atoms with van der Waals surface area (Å²) in [7, 11) is 1.72. The molecule has 0 radical (unpaired) electrons. The Balaban J connectivity index is 1.68. The summed E-state index contributed by atoms with van der Waals surface area (Å²) < 4.78 is 10.8. The van der Waals surface area contributed by atoms with Crippen LogP contribution < -0.4 is 10.1 Å². The molecule has 0 bridgehead atoms. The molecule has 1 unspecified atom stereocenters. The number of aryl methyl sites for hydroxylation is 1. The Hall–Kier alpha value is -1.74. The van der Waals surface area contributed by atoms with E-state index >= 15 is 0 Å². The van der Waals surface area contributed by atoms with Gasteiger partial charge in [0.05, 0.1) is 19.4 Å². The fourth-order valence-electron chi connectivity index (χ4n) is 2.98. The standard InChI is InChI=1S/C17H21NO2/c1-12(17-4-3-9-20-17)18-15-7-5-13-6-8-16(19-2)11-14(13)10-15/h3-4,6,8-9,11-12,15,18H,5,7,10H2,1-2H3/t12-,15?/m1/s1. The van der Waals surface area contributed by atoms with Crippen molar-refractivity contribution in [3.05, 3.63) is 53.5 Å². The predicted octanol–water partition coefficient (Wildman–Crippen LogP) is 3.50. The lowest BCUT2D eigenvalue weighted by Gasteiger charge is -2.28. The summed E-state index contributed by atoms with van der Waals surface area (Å²) in [6.07, 6.45) is 5.08. The molecular formula is C17H21NO2. The molecule has 1 aliphatic rings. The predicted molar refractivity (Wildman–Crippen MR) is 79.1 cm³/mol. The van der Waals surface area contributed by atoms with Gasteiger partial charge in [0.2, 0.25) is 0 Å². The van der Waals surface area contributed by atoms with Gasteiger partial charge in [0.1, 0.15) is 11.5 Å². The minimum Gasteiger partial charge on any atom is -0.497 e. The molecule has 3 nitrogen and oxygen atoms in total. The van der Waals surface area contributed by atoms with Crippen LogP contribution in [0, 0.1) is 0 Å². The Morgan fingerprint density at radius 1 is 1.30 bits per heavy atom. The van der Waals surface area contributed by atoms with Crippen LogP contribution in [0.25, 0.3) is 0 Å². The van der Waals surface area contributed by atoms with E-state index in [0.717, 1.165) is 24.4 Å². The Labute approximate surface area is 119 Å². The first-order valence-electron chi connectivity index (χ1n) is 7.21. The second-order valence-corrected chi connectivity index (χ2v) is 5.48. The molecule has 1 aromatic heterocycles. The highest BCUT2D eigenvalue weighted by Gasteiger charge is 2.21. The van der Waals surface area contributed by atoms with Crippen molar-refractivity contribution in [2.24, 2.45) is 0 Å². The molecule has 106 valence electrons. The number of rotatable bonds is 4. The molecular weight excluding hydrogens is 250 g/mol. The van der Waals surface area contributed by atoms with Gasteiger partial charge in [-0.05, 0) is 61.6 Å². The quantitative estimate of drug-likeness (QED) is 0.924. The molecule has 0 spiro atoms. The Bertz CT molecular complexity index is 562. The lowest BCUT2D eigenvalue weighted by Crippen LogP contribution is -2.36. The number of nitrogens with one attached hydrogen (secondary N) is 1. The zero-order valence-electron chi connectivity index (χ0n) is 12.1. The van der Waals surface area contributed by atoms with Gasteiger partial charge in [0, 0.05) is 6.04 Å². The van der Waals surface area contributed by atoms with Crippen LogP contribution in [0.4, 0.5) is 0 Å². The largest absolute Gasteiger partial charge is 0.497 e. The minimum atomic E-state index is 0.252. The topological polar surface area (TPSA) is 34.4 Å². The van der Waals surface area contributed by atoms with E-state index in [1.54, 1.807) is 13.4 Å². The minimum absolute atomic E-state index is 0.252. The summed E-state index contributed by atoms with van der Waals surface area (Å²) >= 11 is 0. The van der Waals surface area contributed by atoms with Crippen LogP contribution in [0.5, 0.6) is 5.75 Å². The molecule has 0 amide bonds. The highest BCUT2D eigenvalue weighted by molar-refractivity contribution is 5.38. The Kier molecular flexibility index (Phi) is 3.79. The third-order valence-corrected chi connectivity index (χ3v) is 4.10. The smallest absolute Gasteiger partial charge is 0.120 e. The van der Waals surface area contributed by atoms with Gasteiger partial charge in [0.25, 0.3) is 0 Å². The molecule has 3 rings (SSSR count). The van der Waals surface area contributed by atoms with Gasteiger partial charge >= 0.3 is 0 Å². The molecule has 2 aromatic rings. The van der Waals surface area contributed by atoms with Crippen molar-refractivity contribution in [3.8, 4) is 5.75 Å². The van der Waals surface area contributed by atoms with Gasteiger partial charge in [-0.3, -0.25) is 0 Å². The number of hydrogen-bond donors (Lipinski definition) is 1. The van der Waals surface area contributed by atoms with Crippen LogP contribution >= 0.6 is 0 Å². The molecule has 3 heteroatoms. The normalized spacial score (nSPS) is 19.4. The van der Waals surface area contributed by atoms with Gasteiger partial charge in [-0.1, -0.05) is 6.07 Å². The number of hydrogen-bond acceptors (Lipinski definition) is 3. The number of methoxy groups -OCH3 is 1. The van der Waals surface area contributed by atoms with Crippen molar-refractivity contribution < 1.29 is 9.15 Å². The van der Waals surface area contributed by atoms with Crippen LogP contribution in [-0.4, -0.2) is 13.2 Å². The van der Waals surface area contributed by atoms with Crippen molar-refractivity contribution in [1.82, 2.24) is 5.32 Å². The molecule has 0 aliphatic heterocycles. The van der Waals surface area contributed by atoms with Crippen molar-refractivity contribution in [2.45, 2.75) is 38.3 Å². The maximum atomic E-state index is 5.46. The first-order valence-corrected chi connectivity index (χ1v) is 7.21. The van der Waals surface area contributed by atoms with E-state index in [2.05, 4.69) is 30.4 Å². The lowest BCUT2D eigenvalue weighted by molar-refractivity contribution is 0.365. The molecule has 2 atom stereocenters. The fraction of sp³-hybridized carbons (Fsp3) is 0.412. The van der Waals surface area contributed by atoms with E-state index in [0.29, 0.717) is 6.04 Å². The molecule has 20 heavy (non-hydrogen) atoms. The molecule has 1 aliphatic carbocycles. The summed E-state index contributed by atoms with van der Waals surface area (Å²) in [6.45, 7) is 2.15. The molecule has 0 saturated heterocycles. The van der Waals surface area contributed by atoms with Crippen molar-refractivity contribution >= 4 is 0 Å². The molecule has 1 heterocycles. The SMILES string of the molecule is COc1ccc2c(c1)CC(N[C@H](C)c1ccco1)CC2. The fourth-order valence-corrected chi connectivity index (χ4v) is 2.98. The number of furan rings is 1. The monoisotopic (exact) mass is 271 g/mol. The van der Waals surface area contributed by atoms with Gasteiger partial charge in [-0.2, -0.15) is 0 Å². The van der Waals surface area contributed by atoms with E-state index in [1.165, 1.54) is 17.5 Å². The summed E-state index contributed by atoms with van der Waals surface area (Å²) in [5.74, 6) is 1.95.